The number of hydrogen-bond donors (Lipinski definition) is 0. The molecule has 0 N–H and O–H groups in total. The van der Waals surface area contributed by atoms with Gasteiger partial charge in [0, 0.05) is 40.3 Å². The Morgan fingerprint density at radius 1 is 0.632 bits per heavy atom. The molecule has 0 bridgehead atoms. The third kappa shape index (κ3) is 6.62. The molecule has 2 heteroatoms. The van der Waals surface area contributed by atoms with Crippen LogP contribution in [0.4, 0.5) is 11.4 Å². The normalized spacial score (nSPS) is 25.1. The second kappa shape index (κ2) is 15.6. The van der Waals surface area contributed by atoms with Gasteiger partial charge >= 0.3 is 0 Å². The van der Waals surface area contributed by atoms with E-state index in [1.54, 1.807) is 44.1 Å². The van der Waals surface area contributed by atoms with Crippen molar-refractivity contribution in [2.24, 2.45) is 5.92 Å². The lowest BCUT2D eigenvalue weighted by atomic mass is 9.63. The molecule has 0 saturated heterocycles. The standard InChI is InChI=1S/C66H74N2/c1-63(2,3)41-35-51-57-53(37-41)61-60(50-34-32-48(40-56(50)65(61,7)8)68(45-27-19-13-20-28-45)46-29-21-14-22-30-46)52-36-42(64(4,5)6)38-54(58(52)57)62-59(51)49-33-31-47(39-55(49)66(62,9)10)67(43-23-15-11-16-24-43)44-25-17-12-18-26-44/h11,13,15-17,19,21,23-27,29,31,33,35-40,46,50,56,59,62H,12,14,18,20,22,28,30,32,34H2,1-10H3. The average molecular weight is 895 g/mol. The second-order valence-electron chi connectivity index (χ2n) is 25.0. The van der Waals surface area contributed by atoms with Gasteiger partial charge in [-0.25, -0.2) is 0 Å². The summed E-state index contributed by atoms with van der Waals surface area (Å²) in [6.07, 6.45) is 32.5. The topological polar surface area (TPSA) is 6.48 Å². The summed E-state index contributed by atoms with van der Waals surface area (Å²) in [5.41, 5.74) is 19.1. The first-order valence-electron chi connectivity index (χ1n) is 26.5. The molecule has 5 unspecified atom stereocenters. The molecule has 2 nitrogen and oxygen atoms in total. The highest BCUT2D eigenvalue weighted by Gasteiger charge is 2.54. The molecule has 12 rings (SSSR count). The van der Waals surface area contributed by atoms with Crippen LogP contribution in [0.15, 0.2) is 145 Å². The Kier molecular flexibility index (Phi) is 10.1. The van der Waals surface area contributed by atoms with Crippen molar-refractivity contribution in [2.45, 2.75) is 172 Å². The van der Waals surface area contributed by atoms with E-state index in [9.17, 15) is 0 Å². The molecule has 348 valence electrons. The third-order valence-corrected chi connectivity index (χ3v) is 18.0. The molecule has 0 fully saturated rings. The van der Waals surface area contributed by atoms with Gasteiger partial charge in [-0.05, 0) is 194 Å². The Morgan fingerprint density at radius 2 is 1.38 bits per heavy atom. The fraction of sp³-hybridized carbons (Fsp3) is 0.424. The Labute approximate surface area is 408 Å². The highest BCUT2D eigenvalue weighted by molar-refractivity contribution is 6.17. The fourth-order valence-electron chi connectivity index (χ4n) is 14.7. The zero-order valence-corrected chi connectivity index (χ0v) is 42.8. The van der Waals surface area contributed by atoms with Crippen LogP contribution in [0.25, 0.3) is 21.5 Å². The molecule has 7 aliphatic rings. The van der Waals surface area contributed by atoms with Crippen molar-refractivity contribution in [3.05, 3.63) is 189 Å². The maximum absolute atomic E-state index is 2.82. The molecule has 0 saturated carbocycles. The van der Waals surface area contributed by atoms with Gasteiger partial charge in [-0.3, -0.25) is 0 Å². The summed E-state index contributed by atoms with van der Waals surface area (Å²) in [7, 11) is 0. The predicted molar refractivity (Wildman–Crippen MR) is 290 cm³/mol. The van der Waals surface area contributed by atoms with Crippen LogP contribution in [0.3, 0.4) is 0 Å². The molecule has 0 aliphatic heterocycles. The van der Waals surface area contributed by atoms with Crippen LogP contribution in [-0.4, -0.2) is 10.9 Å². The van der Waals surface area contributed by atoms with Gasteiger partial charge in [0.15, 0.2) is 0 Å². The van der Waals surface area contributed by atoms with Crippen LogP contribution >= 0.6 is 0 Å². The van der Waals surface area contributed by atoms with E-state index in [2.05, 4.69) is 207 Å². The number of nitrogens with zero attached hydrogens (tertiary/aromatic N) is 2. The smallest absolute Gasteiger partial charge is 0.0515 e. The Bertz CT molecular complexity index is 3090. The summed E-state index contributed by atoms with van der Waals surface area (Å²) in [5, 5.41) is 6.20. The van der Waals surface area contributed by atoms with Gasteiger partial charge in [-0.15, -0.1) is 0 Å². The molecule has 7 aliphatic carbocycles. The third-order valence-electron chi connectivity index (χ3n) is 18.0. The summed E-state index contributed by atoms with van der Waals surface area (Å²) in [4.78, 5) is 5.32. The maximum Gasteiger partial charge on any atom is 0.0515 e. The van der Waals surface area contributed by atoms with E-state index in [0.717, 1.165) is 32.1 Å². The monoisotopic (exact) mass is 895 g/mol. The molecular formula is C66H74N2. The van der Waals surface area contributed by atoms with Gasteiger partial charge in [0.05, 0.1) is 6.04 Å². The van der Waals surface area contributed by atoms with E-state index in [-0.39, 0.29) is 27.6 Å². The lowest BCUT2D eigenvalue weighted by Crippen LogP contribution is -2.37. The largest absolute Gasteiger partial charge is 0.342 e. The van der Waals surface area contributed by atoms with Crippen molar-refractivity contribution in [1.29, 1.82) is 0 Å². The first-order valence-corrected chi connectivity index (χ1v) is 26.5. The quantitative estimate of drug-likeness (QED) is 0.124. The fourth-order valence-corrected chi connectivity index (χ4v) is 14.7. The Balaban J connectivity index is 1.11. The van der Waals surface area contributed by atoms with Gasteiger partial charge in [0.25, 0.3) is 0 Å². The first kappa shape index (κ1) is 43.9. The van der Waals surface area contributed by atoms with E-state index in [4.69, 9.17) is 0 Å². The SMILES string of the molecule is CC(C)(C)c1cc2c3c(c1)c1c(c4cc(C(C)(C)C)cc(c43)C3C2c2ccc(N(C4=CCCC=C4)c4ccccc4)cc2C3(C)C)C2CCC(N(C3=CC=CCC3)C3C=CCCC3)=CC2C1(C)C. The summed E-state index contributed by atoms with van der Waals surface area (Å²) >= 11 is 0. The van der Waals surface area contributed by atoms with Crippen molar-refractivity contribution in [2.75, 3.05) is 4.90 Å². The van der Waals surface area contributed by atoms with Gasteiger partial charge in [-0.1, -0.05) is 160 Å². The summed E-state index contributed by atoms with van der Waals surface area (Å²) in [6.45, 7) is 25.1. The minimum absolute atomic E-state index is 0.00191. The van der Waals surface area contributed by atoms with Gasteiger partial charge in [-0.2, -0.15) is 0 Å². The number of allylic oxidation sites excluding steroid dienone is 10. The average Bonchev–Trinajstić information content (AvgIpc) is 3.71. The highest BCUT2D eigenvalue weighted by atomic mass is 15.2. The summed E-state index contributed by atoms with van der Waals surface area (Å²) in [5.74, 6) is 1.46. The number of anilines is 2. The minimum Gasteiger partial charge on any atom is -0.342 e. The molecule has 0 aromatic heterocycles. The highest BCUT2D eigenvalue weighted by Crippen LogP contribution is 2.67. The predicted octanol–water partition coefficient (Wildman–Crippen LogP) is 17.8. The zero-order valence-electron chi connectivity index (χ0n) is 42.8. The first-order chi connectivity index (χ1) is 32.5. The number of rotatable bonds is 6. The maximum atomic E-state index is 2.82. The number of hydrogen-bond acceptors (Lipinski definition) is 2. The van der Waals surface area contributed by atoms with Crippen molar-refractivity contribution >= 4 is 32.9 Å². The van der Waals surface area contributed by atoms with E-state index >= 15 is 0 Å². The number of benzene rings is 5. The van der Waals surface area contributed by atoms with Crippen LogP contribution in [0.5, 0.6) is 0 Å². The molecule has 5 aromatic rings. The minimum atomic E-state index is -0.121. The van der Waals surface area contributed by atoms with Crippen LogP contribution in [0.1, 0.15) is 189 Å². The van der Waals surface area contributed by atoms with Crippen LogP contribution in [-0.2, 0) is 21.7 Å². The van der Waals surface area contributed by atoms with Gasteiger partial charge in [0.2, 0.25) is 0 Å². The van der Waals surface area contributed by atoms with E-state index in [0.29, 0.717) is 23.8 Å². The molecular weight excluding hydrogens is 821 g/mol. The molecule has 0 spiro atoms. The zero-order chi connectivity index (χ0) is 47.1. The molecule has 0 amide bonds. The molecule has 5 atom stereocenters. The molecule has 5 aromatic carbocycles. The lowest BCUT2D eigenvalue weighted by Gasteiger charge is -2.42. The number of fused-ring (bicyclic) bond motifs is 10. The van der Waals surface area contributed by atoms with Crippen molar-refractivity contribution in [3.63, 3.8) is 0 Å². The Morgan fingerprint density at radius 3 is 2.07 bits per heavy atom. The summed E-state index contributed by atoms with van der Waals surface area (Å²) < 4.78 is 0. The van der Waals surface area contributed by atoms with Crippen molar-refractivity contribution in [1.82, 2.24) is 4.90 Å². The molecule has 0 heterocycles. The van der Waals surface area contributed by atoms with Gasteiger partial charge in [0.1, 0.15) is 0 Å². The summed E-state index contributed by atoms with van der Waals surface area (Å²) in [6, 6.07) is 29.9. The van der Waals surface area contributed by atoms with E-state index < -0.39 is 0 Å². The van der Waals surface area contributed by atoms with Crippen molar-refractivity contribution in [3.8, 4) is 0 Å². The van der Waals surface area contributed by atoms with Crippen molar-refractivity contribution < 1.29 is 0 Å². The van der Waals surface area contributed by atoms with Crippen LogP contribution in [0, 0.1) is 5.92 Å². The molecule has 68 heavy (non-hydrogen) atoms. The lowest BCUT2D eigenvalue weighted by molar-refractivity contribution is 0.272. The van der Waals surface area contributed by atoms with Crippen LogP contribution < -0.4 is 4.90 Å². The second-order valence-corrected chi connectivity index (χ2v) is 25.0. The number of para-hydroxylation sites is 1. The molecule has 0 radical (unpaired) electrons. The van der Waals surface area contributed by atoms with Gasteiger partial charge < -0.3 is 9.80 Å². The van der Waals surface area contributed by atoms with Crippen LogP contribution in [0.2, 0.25) is 0 Å². The Hall–Kier alpha value is -5.34. The van der Waals surface area contributed by atoms with E-state index in [1.807, 2.05) is 0 Å². The van der Waals surface area contributed by atoms with E-state index in [1.165, 1.54) is 76.1 Å².